The van der Waals surface area contributed by atoms with Gasteiger partial charge in [0.2, 0.25) is 0 Å². The van der Waals surface area contributed by atoms with E-state index in [9.17, 15) is 4.79 Å². The van der Waals surface area contributed by atoms with Crippen LogP contribution in [0.1, 0.15) is 21.6 Å². The van der Waals surface area contributed by atoms with E-state index in [0.717, 1.165) is 12.0 Å². The molecule has 0 aliphatic rings. The molecule has 0 radical (unpaired) electrons. The smallest absolute Gasteiger partial charge is 0.315 e. The Kier molecular flexibility index (Phi) is 5.12. The third-order valence-electron chi connectivity index (χ3n) is 3.19. The molecule has 5 heteroatoms. The van der Waals surface area contributed by atoms with E-state index < -0.39 is 0 Å². The van der Waals surface area contributed by atoms with Crippen molar-refractivity contribution in [1.29, 1.82) is 0 Å². The van der Waals surface area contributed by atoms with Crippen LogP contribution in [-0.2, 0) is 13.0 Å². The largest absolute Gasteiger partial charge is 0.338 e. The average molecular weight is 289 g/mol. The quantitative estimate of drug-likeness (QED) is 0.889. The number of hydrogen-bond acceptors (Lipinski definition) is 3. The van der Waals surface area contributed by atoms with Gasteiger partial charge in [0.15, 0.2) is 0 Å². The summed E-state index contributed by atoms with van der Waals surface area (Å²) in [6, 6.07) is 3.93. The zero-order valence-corrected chi connectivity index (χ0v) is 12.6. The van der Waals surface area contributed by atoms with Crippen molar-refractivity contribution in [3.8, 4) is 0 Å². The van der Waals surface area contributed by atoms with Crippen molar-refractivity contribution in [2.75, 3.05) is 6.54 Å². The Labute approximate surface area is 123 Å². The lowest BCUT2D eigenvalue weighted by atomic mass is 10.1. The van der Waals surface area contributed by atoms with Crippen molar-refractivity contribution < 1.29 is 4.79 Å². The topological polar surface area (TPSA) is 54.0 Å². The summed E-state index contributed by atoms with van der Waals surface area (Å²) >= 11 is 1.66. The second-order valence-electron chi connectivity index (χ2n) is 4.69. The number of aromatic nitrogens is 1. The number of carbonyl (C=O) groups excluding carboxylic acids is 1. The molecule has 0 saturated heterocycles. The second kappa shape index (κ2) is 7.05. The molecule has 0 aromatic carbocycles. The SMILES string of the molecule is Cc1cnccc1CCNC(=O)NCc1sccc1C. The van der Waals surface area contributed by atoms with Crippen LogP contribution in [0.15, 0.2) is 29.9 Å². The summed E-state index contributed by atoms with van der Waals surface area (Å²) in [5.74, 6) is 0. The molecule has 2 aromatic rings. The van der Waals surface area contributed by atoms with Gasteiger partial charge in [0.1, 0.15) is 0 Å². The van der Waals surface area contributed by atoms with Gasteiger partial charge in [-0.1, -0.05) is 0 Å². The van der Waals surface area contributed by atoms with Crippen LogP contribution >= 0.6 is 11.3 Å². The number of amides is 2. The van der Waals surface area contributed by atoms with Crippen LogP contribution < -0.4 is 10.6 Å². The average Bonchev–Trinajstić information content (AvgIpc) is 2.84. The van der Waals surface area contributed by atoms with Gasteiger partial charge < -0.3 is 10.6 Å². The molecule has 2 heterocycles. The maximum Gasteiger partial charge on any atom is 0.315 e. The number of urea groups is 1. The van der Waals surface area contributed by atoms with Gasteiger partial charge in [-0.25, -0.2) is 4.79 Å². The lowest BCUT2D eigenvalue weighted by Gasteiger charge is -2.08. The van der Waals surface area contributed by atoms with Crippen LogP contribution in [0.25, 0.3) is 0 Å². The van der Waals surface area contributed by atoms with Crippen LogP contribution in [0.2, 0.25) is 0 Å². The maximum atomic E-state index is 11.7. The number of pyridine rings is 1. The minimum absolute atomic E-state index is 0.121. The Hall–Kier alpha value is -1.88. The number of aryl methyl sites for hydroxylation is 2. The molecule has 0 unspecified atom stereocenters. The highest BCUT2D eigenvalue weighted by molar-refractivity contribution is 7.10. The van der Waals surface area contributed by atoms with Crippen molar-refractivity contribution in [2.45, 2.75) is 26.8 Å². The van der Waals surface area contributed by atoms with Crippen molar-refractivity contribution in [3.63, 3.8) is 0 Å². The van der Waals surface area contributed by atoms with Gasteiger partial charge in [-0.2, -0.15) is 0 Å². The van der Waals surface area contributed by atoms with Gasteiger partial charge in [0.05, 0.1) is 6.54 Å². The number of thiophene rings is 1. The number of nitrogens with zero attached hydrogens (tertiary/aromatic N) is 1. The van der Waals surface area contributed by atoms with Gasteiger partial charge >= 0.3 is 6.03 Å². The first-order valence-corrected chi connectivity index (χ1v) is 7.49. The van der Waals surface area contributed by atoms with Crippen LogP contribution in [0.5, 0.6) is 0 Å². The van der Waals surface area contributed by atoms with Gasteiger partial charge in [-0.05, 0) is 54.5 Å². The van der Waals surface area contributed by atoms with Crippen LogP contribution in [0.3, 0.4) is 0 Å². The molecule has 20 heavy (non-hydrogen) atoms. The minimum atomic E-state index is -0.121. The second-order valence-corrected chi connectivity index (χ2v) is 5.69. The zero-order valence-electron chi connectivity index (χ0n) is 11.8. The highest BCUT2D eigenvalue weighted by Gasteiger charge is 2.04. The first-order valence-electron chi connectivity index (χ1n) is 6.61. The Balaban J connectivity index is 1.71. The van der Waals surface area contributed by atoms with E-state index in [4.69, 9.17) is 0 Å². The molecule has 0 atom stereocenters. The molecule has 2 rings (SSSR count). The van der Waals surface area contributed by atoms with Gasteiger partial charge in [0.25, 0.3) is 0 Å². The van der Waals surface area contributed by atoms with E-state index >= 15 is 0 Å². The van der Waals surface area contributed by atoms with E-state index in [1.165, 1.54) is 16.0 Å². The first-order chi connectivity index (χ1) is 9.66. The normalized spacial score (nSPS) is 10.3. The van der Waals surface area contributed by atoms with Crippen molar-refractivity contribution in [1.82, 2.24) is 15.6 Å². The van der Waals surface area contributed by atoms with E-state index in [1.54, 1.807) is 17.5 Å². The third kappa shape index (κ3) is 4.06. The molecule has 106 valence electrons. The molecular weight excluding hydrogens is 270 g/mol. The Bertz CT molecular complexity index is 580. The van der Waals surface area contributed by atoms with Gasteiger partial charge in [-0.3, -0.25) is 4.98 Å². The molecule has 0 bridgehead atoms. The Morgan fingerprint density at radius 2 is 2.10 bits per heavy atom. The summed E-state index contributed by atoms with van der Waals surface area (Å²) < 4.78 is 0. The molecule has 0 saturated carbocycles. The summed E-state index contributed by atoms with van der Waals surface area (Å²) in [4.78, 5) is 16.9. The van der Waals surface area contributed by atoms with Crippen LogP contribution in [0.4, 0.5) is 4.79 Å². The molecule has 2 N–H and O–H groups in total. The van der Waals surface area contributed by atoms with Crippen molar-refractivity contribution >= 4 is 17.4 Å². The predicted octanol–water partition coefficient (Wildman–Crippen LogP) is 2.80. The van der Waals surface area contributed by atoms with E-state index in [2.05, 4.69) is 28.6 Å². The molecule has 0 aliphatic heterocycles. The lowest BCUT2D eigenvalue weighted by molar-refractivity contribution is 0.240. The highest BCUT2D eigenvalue weighted by Crippen LogP contribution is 2.14. The molecule has 0 spiro atoms. The fourth-order valence-electron chi connectivity index (χ4n) is 1.90. The molecule has 2 aromatic heterocycles. The van der Waals surface area contributed by atoms with Gasteiger partial charge in [0, 0.05) is 23.8 Å². The molecular formula is C15H19N3OS. The Morgan fingerprint density at radius 1 is 1.25 bits per heavy atom. The number of nitrogens with one attached hydrogen (secondary N) is 2. The summed E-state index contributed by atoms with van der Waals surface area (Å²) in [7, 11) is 0. The molecule has 4 nitrogen and oxygen atoms in total. The summed E-state index contributed by atoms with van der Waals surface area (Å²) in [5, 5.41) is 7.79. The van der Waals surface area contributed by atoms with Gasteiger partial charge in [-0.15, -0.1) is 11.3 Å². The van der Waals surface area contributed by atoms with E-state index in [1.807, 2.05) is 24.6 Å². The zero-order chi connectivity index (χ0) is 14.4. The van der Waals surface area contributed by atoms with Crippen LogP contribution in [0, 0.1) is 13.8 Å². The summed E-state index contributed by atoms with van der Waals surface area (Å²) in [6.07, 6.45) is 4.44. The Morgan fingerprint density at radius 3 is 2.80 bits per heavy atom. The third-order valence-corrected chi connectivity index (χ3v) is 4.22. The maximum absolute atomic E-state index is 11.7. The predicted molar refractivity (Wildman–Crippen MR) is 82.0 cm³/mol. The number of rotatable bonds is 5. The standard InChI is InChI=1S/C15H19N3OS/c1-11-5-8-20-14(11)10-18-15(19)17-7-4-13-3-6-16-9-12(13)2/h3,5-6,8-9H,4,7,10H2,1-2H3,(H2,17,18,19). The van der Waals surface area contributed by atoms with Crippen molar-refractivity contribution in [2.24, 2.45) is 0 Å². The van der Waals surface area contributed by atoms with E-state index in [-0.39, 0.29) is 6.03 Å². The highest BCUT2D eigenvalue weighted by atomic mass is 32.1. The fourth-order valence-corrected chi connectivity index (χ4v) is 2.75. The molecule has 0 aliphatic carbocycles. The first kappa shape index (κ1) is 14.5. The summed E-state index contributed by atoms with van der Waals surface area (Å²) in [5.41, 5.74) is 3.60. The summed E-state index contributed by atoms with van der Waals surface area (Å²) in [6.45, 7) is 5.29. The molecule has 2 amide bonds. The lowest BCUT2D eigenvalue weighted by Crippen LogP contribution is -2.36. The fraction of sp³-hybridized carbons (Fsp3) is 0.333. The minimum Gasteiger partial charge on any atom is -0.338 e. The van der Waals surface area contributed by atoms with Crippen molar-refractivity contribution in [3.05, 3.63) is 51.5 Å². The monoisotopic (exact) mass is 289 g/mol. The number of carbonyl (C=O) groups is 1. The van der Waals surface area contributed by atoms with E-state index in [0.29, 0.717) is 13.1 Å². The molecule has 0 fully saturated rings. The number of hydrogen-bond donors (Lipinski definition) is 2. The van der Waals surface area contributed by atoms with Crippen LogP contribution in [-0.4, -0.2) is 17.6 Å².